The molecule has 0 aromatic heterocycles. The van der Waals surface area contributed by atoms with Crippen LogP contribution in [0.2, 0.25) is 0 Å². The molecule has 4 unspecified atom stereocenters. The normalized spacial score (nSPS) is 36.4. The molecule has 3 fully saturated rings. The number of carbonyl (C=O) groups is 1. The maximum absolute atomic E-state index is 11.8. The Labute approximate surface area is 120 Å². The van der Waals surface area contributed by atoms with E-state index in [9.17, 15) is 4.79 Å². The van der Waals surface area contributed by atoms with Crippen LogP contribution in [0.3, 0.4) is 0 Å². The first-order chi connectivity index (χ1) is 9.28. The predicted molar refractivity (Wildman–Crippen MR) is 80.4 cm³/mol. The van der Waals surface area contributed by atoms with Crippen molar-refractivity contribution in [1.82, 2.24) is 0 Å². The van der Waals surface area contributed by atoms with Gasteiger partial charge in [0.05, 0.1) is 7.11 Å². The molecule has 0 aliphatic heterocycles. The topological polar surface area (TPSA) is 26.3 Å². The molecule has 0 N–H and O–H groups in total. The number of methoxy groups -OCH3 is 1. The van der Waals surface area contributed by atoms with Gasteiger partial charge in [0.2, 0.25) is 5.75 Å². The fourth-order valence-electron chi connectivity index (χ4n) is 4.59. The summed E-state index contributed by atoms with van der Waals surface area (Å²) in [5.74, 6) is 2.69. The van der Waals surface area contributed by atoms with Crippen molar-refractivity contribution in [2.45, 2.75) is 68.3 Å². The molecule has 0 aromatic rings. The van der Waals surface area contributed by atoms with Gasteiger partial charge in [0, 0.05) is 16.8 Å². The van der Waals surface area contributed by atoms with E-state index in [1.807, 2.05) is 0 Å². The quantitative estimate of drug-likeness (QED) is 0.584. The van der Waals surface area contributed by atoms with Crippen LogP contribution in [-0.4, -0.2) is 29.3 Å². The smallest absolute Gasteiger partial charge is 0.356 e. The number of carbonyl (C=O) groups excluding carboxylic acids is 1. The maximum Gasteiger partial charge on any atom is 0.356 e. The van der Waals surface area contributed by atoms with E-state index in [4.69, 9.17) is 4.74 Å². The molecule has 2 bridgehead atoms. The lowest BCUT2D eigenvalue weighted by Gasteiger charge is -2.30. The van der Waals surface area contributed by atoms with Crippen molar-refractivity contribution in [2.75, 3.05) is 12.9 Å². The van der Waals surface area contributed by atoms with E-state index in [1.165, 1.54) is 57.8 Å². The number of ether oxygens (including phenoxy) is 1. The molecule has 0 saturated heterocycles. The van der Waals surface area contributed by atoms with Crippen molar-refractivity contribution >= 4 is 16.9 Å². The van der Waals surface area contributed by atoms with E-state index in [0.29, 0.717) is 10.9 Å². The minimum Gasteiger partial charge on any atom is -0.466 e. The molecular weight excluding hydrogens is 256 g/mol. The van der Waals surface area contributed by atoms with Crippen LogP contribution in [0.4, 0.5) is 0 Å². The molecule has 3 aliphatic rings. The average Bonchev–Trinajstić information content (AvgIpc) is 3.08. The van der Waals surface area contributed by atoms with E-state index in [0.717, 1.165) is 28.1 Å². The molecule has 108 valence electrons. The van der Waals surface area contributed by atoms with Gasteiger partial charge in [-0.15, -0.1) is 0 Å². The lowest BCUT2D eigenvalue weighted by atomic mass is 10.00. The second-order valence-electron chi connectivity index (χ2n) is 6.66. The van der Waals surface area contributed by atoms with Crippen LogP contribution >= 0.6 is 0 Å². The molecule has 0 aromatic carbocycles. The molecule has 3 heteroatoms. The minimum atomic E-state index is 0.0386. The van der Waals surface area contributed by atoms with Crippen molar-refractivity contribution in [3.63, 3.8) is 0 Å². The highest BCUT2D eigenvalue weighted by molar-refractivity contribution is 7.98. The zero-order chi connectivity index (χ0) is 13.2. The van der Waals surface area contributed by atoms with Crippen LogP contribution in [0.25, 0.3) is 0 Å². The number of rotatable bonds is 4. The van der Waals surface area contributed by atoms with Gasteiger partial charge in [-0.05, 0) is 57.3 Å². The van der Waals surface area contributed by atoms with E-state index < -0.39 is 0 Å². The zero-order valence-corrected chi connectivity index (χ0v) is 12.9. The predicted octanol–water partition coefficient (Wildman–Crippen LogP) is 3.30. The second kappa shape index (κ2) is 6.07. The summed E-state index contributed by atoms with van der Waals surface area (Å²) in [7, 11) is 1.86. The Morgan fingerprint density at radius 1 is 1.11 bits per heavy atom. The Hall–Kier alpha value is -0.180. The Kier molecular flexibility index (Phi) is 4.40. The van der Waals surface area contributed by atoms with E-state index in [2.05, 4.69) is 0 Å². The third-order valence-corrected chi connectivity index (χ3v) is 8.81. The van der Waals surface area contributed by atoms with Crippen LogP contribution in [0, 0.1) is 11.8 Å². The Morgan fingerprint density at radius 3 is 2.47 bits per heavy atom. The molecule has 0 heterocycles. The van der Waals surface area contributed by atoms with E-state index in [-0.39, 0.29) is 5.97 Å². The van der Waals surface area contributed by atoms with Crippen LogP contribution in [0.5, 0.6) is 0 Å². The van der Waals surface area contributed by atoms with Crippen molar-refractivity contribution in [3.05, 3.63) is 0 Å². The molecule has 0 radical (unpaired) electrons. The highest BCUT2D eigenvalue weighted by Crippen LogP contribution is 2.49. The molecule has 2 nitrogen and oxygen atoms in total. The van der Waals surface area contributed by atoms with Crippen molar-refractivity contribution in [1.29, 1.82) is 0 Å². The van der Waals surface area contributed by atoms with Gasteiger partial charge in [0.15, 0.2) is 0 Å². The van der Waals surface area contributed by atoms with Crippen LogP contribution < -0.4 is 0 Å². The first-order valence-electron chi connectivity index (χ1n) is 8.03. The number of hydrogen-bond donors (Lipinski definition) is 0. The largest absolute Gasteiger partial charge is 0.466 e. The van der Waals surface area contributed by atoms with Gasteiger partial charge in [-0.25, -0.2) is 4.79 Å². The van der Waals surface area contributed by atoms with Crippen molar-refractivity contribution in [2.24, 2.45) is 11.8 Å². The summed E-state index contributed by atoms with van der Waals surface area (Å²) < 4.78 is 4.98. The van der Waals surface area contributed by atoms with Crippen LogP contribution in [0.1, 0.15) is 57.8 Å². The Balaban J connectivity index is 1.69. The van der Waals surface area contributed by atoms with Gasteiger partial charge in [-0.1, -0.05) is 6.42 Å². The average molecular weight is 283 g/mol. The highest BCUT2D eigenvalue weighted by atomic mass is 32.2. The summed E-state index contributed by atoms with van der Waals surface area (Å²) >= 11 is 0. The summed E-state index contributed by atoms with van der Waals surface area (Å²) in [5.41, 5.74) is 0. The molecule has 0 spiro atoms. The molecule has 3 rings (SSSR count). The van der Waals surface area contributed by atoms with Gasteiger partial charge in [0.25, 0.3) is 0 Å². The lowest BCUT2D eigenvalue weighted by molar-refractivity contribution is -0.137. The van der Waals surface area contributed by atoms with Gasteiger partial charge >= 0.3 is 5.97 Å². The summed E-state index contributed by atoms with van der Waals surface area (Å²) in [6, 6.07) is 0. The monoisotopic (exact) mass is 283 g/mol. The van der Waals surface area contributed by atoms with Crippen LogP contribution in [-0.2, 0) is 20.4 Å². The number of hydrogen-bond acceptors (Lipinski definition) is 2. The number of fused-ring (bicyclic) bond motifs is 2. The molecular formula is C16H27O2S+. The third kappa shape index (κ3) is 2.96. The zero-order valence-electron chi connectivity index (χ0n) is 12.1. The fourth-order valence-corrected chi connectivity index (χ4v) is 8.13. The SMILES string of the molecule is COC(=O)C[S+](C1CCCCC1)C1CC2CCC1C2. The standard InChI is InChI=1S/C16H27O2S/c1-18-16(17)11-19(14-5-3-2-4-6-14)15-10-12-7-8-13(15)9-12/h12-15H,2-11H2,1H3/q+1. The van der Waals surface area contributed by atoms with Gasteiger partial charge in [-0.2, -0.15) is 0 Å². The molecule has 3 aliphatic carbocycles. The Bertz CT molecular complexity index is 325. The first-order valence-corrected chi connectivity index (χ1v) is 9.55. The molecule has 19 heavy (non-hydrogen) atoms. The summed E-state index contributed by atoms with van der Waals surface area (Å²) in [6.07, 6.45) is 12.7. The van der Waals surface area contributed by atoms with Gasteiger partial charge < -0.3 is 4.74 Å². The second-order valence-corrected chi connectivity index (χ2v) is 9.16. The third-order valence-electron chi connectivity index (χ3n) is 5.55. The fraction of sp³-hybridized carbons (Fsp3) is 0.938. The lowest BCUT2D eigenvalue weighted by Crippen LogP contribution is -2.41. The van der Waals surface area contributed by atoms with E-state index in [1.54, 1.807) is 7.11 Å². The molecule has 0 amide bonds. The molecule has 3 saturated carbocycles. The van der Waals surface area contributed by atoms with Crippen molar-refractivity contribution < 1.29 is 9.53 Å². The highest BCUT2D eigenvalue weighted by Gasteiger charge is 2.52. The maximum atomic E-state index is 11.8. The summed E-state index contributed by atoms with van der Waals surface area (Å²) in [6.45, 7) is 0. The Morgan fingerprint density at radius 2 is 1.89 bits per heavy atom. The summed E-state index contributed by atoms with van der Waals surface area (Å²) in [4.78, 5) is 11.8. The van der Waals surface area contributed by atoms with Gasteiger partial charge in [-0.3, -0.25) is 0 Å². The molecule has 4 atom stereocenters. The number of esters is 1. The first kappa shape index (κ1) is 13.8. The summed E-state index contributed by atoms with van der Waals surface area (Å²) in [5, 5.41) is 1.69. The van der Waals surface area contributed by atoms with Gasteiger partial charge in [0.1, 0.15) is 10.5 Å². The minimum absolute atomic E-state index is 0.0386. The van der Waals surface area contributed by atoms with E-state index >= 15 is 0 Å². The van der Waals surface area contributed by atoms with Crippen LogP contribution in [0.15, 0.2) is 0 Å². The van der Waals surface area contributed by atoms with Crippen molar-refractivity contribution in [3.8, 4) is 0 Å².